The van der Waals surface area contributed by atoms with E-state index in [4.69, 9.17) is 5.11 Å². The minimum Gasteiger partial charge on any atom is -0.507 e. The third-order valence-electron chi connectivity index (χ3n) is 3.59. The molecule has 0 bridgehead atoms. The van der Waals surface area contributed by atoms with Crippen LogP contribution in [0.25, 0.3) is 0 Å². The molecule has 5 heteroatoms. The van der Waals surface area contributed by atoms with Crippen molar-refractivity contribution in [2.24, 2.45) is 5.41 Å². The third kappa shape index (κ3) is 4.10. The number of carboxylic acid groups (broad SMARTS) is 1. The standard InChI is InChI=1S/C18H19NO4/c1-18(2,11-12-6-4-3-5-7-12)17(23)19-13-8-9-15(20)14(10-13)16(21)22/h3-10,20H,11H2,1-2H3,(H,19,23)(H,21,22). The van der Waals surface area contributed by atoms with Crippen molar-refractivity contribution in [3.63, 3.8) is 0 Å². The van der Waals surface area contributed by atoms with Crippen LogP contribution in [0.5, 0.6) is 5.75 Å². The number of hydrogen-bond acceptors (Lipinski definition) is 3. The van der Waals surface area contributed by atoms with Crippen LogP contribution in [0.1, 0.15) is 29.8 Å². The summed E-state index contributed by atoms with van der Waals surface area (Å²) in [6, 6.07) is 13.6. The number of aromatic hydroxyl groups is 1. The first-order chi connectivity index (χ1) is 10.8. The molecule has 0 fully saturated rings. The van der Waals surface area contributed by atoms with Gasteiger partial charge >= 0.3 is 5.97 Å². The minimum absolute atomic E-state index is 0.219. The maximum Gasteiger partial charge on any atom is 0.339 e. The quantitative estimate of drug-likeness (QED) is 0.739. The van der Waals surface area contributed by atoms with Crippen molar-refractivity contribution in [1.82, 2.24) is 0 Å². The number of nitrogens with one attached hydrogen (secondary N) is 1. The summed E-state index contributed by atoms with van der Waals surface area (Å²) in [5.74, 6) is -1.80. The lowest BCUT2D eigenvalue weighted by atomic mass is 9.84. The molecule has 5 nitrogen and oxygen atoms in total. The van der Waals surface area contributed by atoms with Crippen LogP contribution in [0, 0.1) is 5.41 Å². The van der Waals surface area contributed by atoms with Crippen LogP contribution in [0.15, 0.2) is 48.5 Å². The fraction of sp³-hybridized carbons (Fsp3) is 0.222. The summed E-state index contributed by atoms with van der Waals surface area (Å²) < 4.78 is 0. The van der Waals surface area contributed by atoms with E-state index in [1.165, 1.54) is 18.2 Å². The number of carbonyl (C=O) groups is 2. The predicted molar refractivity (Wildman–Crippen MR) is 87.6 cm³/mol. The van der Waals surface area contributed by atoms with Crippen molar-refractivity contribution in [2.75, 3.05) is 5.32 Å². The molecule has 1 amide bonds. The maximum atomic E-state index is 12.5. The van der Waals surface area contributed by atoms with Gasteiger partial charge in [0.1, 0.15) is 11.3 Å². The van der Waals surface area contributed by atoms with Gasteiger partial charge in [0.05, 0.1) is 0 Å². The lowest BCUT2D eigenvalue weighted by Crippen LogP contribution is -2.32. The van der Waals surface area contributed by atoms with Gasteiger partial charge in [0.15, 0.2) is 0 Å². The molecule has 0 radical (unpaired) electrons. The lowest BCUT2D eigenvalue weighted by molar-refractivity contribution is -0.123. The van der Waals surface area contributed by atoms with Crippen molar-refractivity contribution < 1.29 is 19.8 Å². The van der Waals surface area contributed by atoms with Gasteiger partial charge in [0, 0.05) is 11.1 Å². The summed E-state index contributed by atoms with van der Waals surface area (Å²) in [4.78, 5) is 23.5. The number of aromatic carboxylic acids is 1. The summed E-state index contributed by atoms with van der Waals surface area (Å²) >= 11 is 0. The minimum atomic E-state index is -1.25. The normalized spacial score (nSPS) is 11.0. The number of benzene rings is 2. The van der Waals surface area contributed by atoms with Gasteiger partial charge in [-0.1, -0.05) is 44.2 Å². The lowest BCUT2D eigenvalue weighted by Gasteiger charge is -2.24. The Bertz CT molecular complexity index is 723. The molecule has 3 N–H and O–H groups in total. The van der Waals surface area contributed by atoms with Crippen molar-refractivity contribution in [3.8, 4) is 5.75 Å². The number of hydrogen-bond donors (Lipinski definition) is 3. The van der Waals surface area contributed by atoms with Gasteiger partial charge in [-0.3, -0.25) is 4.79 Å². The Kier molecular flexibility index (Phi) is 4.69. The molecule has 23 heavy (non-hydrogen) atoms. The van der Waals surface area contributed by atoms with E-state index in [0.29, 0.717) is 12.1 Å². The number of carbonyl (C=O) groups excluding carboxylic acids is 1. The molecule has 120 valence electrons. The van der Waals surface area contributed by atoms with Gasteiger partial charge in [0.25, 0.3) is 0 Å². The molecule has 0 aliphatic rings. The topological polar surface area (TPSA) is 86.6 Å². The van der Waals surface area contributed by atoms with E-state index in [-0.39, 0.29) is 17.2 Å². The fourth-order valence-electron chi connectivity index (χ4n) is 2.27. The molecule has 0 heterocycles. The smallest absolute Gasteiger partial charge is 0.339 e. The number of phenols is 1. The van der Waals surface area contributed by atoms with E-state index in [2.05, 4.69) is 5.32 Å². The third-order valence-corrected chi connectivity index (χ3v) is 3.59. The molecular formula is C18H19NO4. The zero-order valence-electron chi connectivity index (χ0n) is 13.0. The number of amides is 1. The van der Waals surface area contributed by atoms with Gasteiger partial charge in [-0.05, 0) is 30.2 Å². The van der Waals surface area contributed by atoms with Gasteiger partial charge in [0.2, 0.25) is 5.91 Å². The molecule has 0 aliphatic heterocycles. The van der Waals surface area contributed by atoms with Crippen LogP contribution in [0.2, 0.25) is 0 Å². The van der Waals surface area contributed by atoms with Gasteiger partial charge in [-0.25, -0.2) is 4.79 Å². The van der Waals surface area contributed by atoms with Gasteiger partial charge in [-0.2, -0.15) is 0 Å². The molecule has 2 aromatic carbocycles. The molecule has 0 atom stereocenters. The molecule has 0 spiro atoms. The van der Waals surface area contributed by atoms with E-state index in [1.807, 2.05) is 44.2 Å². The highest BCUT2D eigenvalue weighted by atomic mass is 16.4. The van der Waals surface area contributed by atoms with E-state index in [1.54, 1.807) is 0 Å². The Labute approximate surface area is 134 Å². The van der Waals surface area contributed by atoms with Crippen LogP contribution in [-0.2, 0) is 11.2 Å². The van der Waals surface area contributed by atoms with Gasteiger partial charge in [-0.15, -0.1) is 0 Å². The first-order valence-electron chi connectivity index (χ1n) is 7.21. The molecule has 0 aliphatic carbocycles. The number of rotatable bonds is 5. The Balaban J connectivity index is 2.14. The van der Waals surface area contributed by atoms with Crippen LogP contribution < -0.4 is 5.32 Å². The zero-order valence-corrected chi connectivity index (χ0v) is 13.0. The molecule has 0 saturated heterocycles. The highest BCUT2D eigenvalue weighted by molar-refractivity contribution is 5.97. The molecular weight excluding hydrogens is 294 g/mol. The van der Waals surface area contributed by atoms with E-state index in [9.17, 15) is 14.7 Å². The molecule has 0 saturated carbocycles. The second kappa shape index (κ2) is 6.52. The second-order valence-electron chi connectivity index (χ2n) is 6.04. The number of anilines is 1. The fourth-order valence-corrected chi connectivity index (χ4v) is 2.27. The van der Waals surface area contributed by atoms with Crippen molar-refractivity contribution in [1.29, 1.82) is 0 Å². The SMILES string of the molecule is CC(C)(Cc1ccccc1)C(=O)Nc1ccc(O)c(C(=O)O)c1. The Hall–Kier alpha value is -2.82. The first-order valence-corrected chi connectivity index (χ1v) is 7.21. The number of carboxylic acids is 1. The summed E-state index contributed by atoms with van der Waals surface area (Å²) in [5.41, 5.74) is 0.474. The van der Waals surface area contributed by atoms with E-state index in [0.717, 1.165) is 5.56 Å². The zero-order chi connectivity index (χ0) is 17.0. The summed E-state index contributed by atoms with van der Waals surface area (Å²) in [7, 11) is 0. The Morgan fingerprint density at radius 3 is 2.35 bits per heavy atom. The molecule has 0 aromatic heterocycles. The van der Waals surface area contributed by atoms with Crippen molar-refractivity contribution in [2.45, 2.75) is 20.3 Å². The van der Waals surface area contributed by atoms with E-state index >= 15 is 0 Å². The monoisotopic (exact) mass is 313 g/mol. The summed E-state index contributed by atoms with van der Waals surface area (Å²) in [6.07, 6.45) is 0.559. The first kappa shape index (κ1) is 16.5. The maximum absolute atomic E-state index is 12.5. The largest absolute Gasteiger partial charge is 0.507 e. The van der Waals surface area contributed by atoms with Crippen LogP contribution in [0.3, 0.4) is 0 Å². The molecule has 2 aromatic rings. The average molecular weight is 313 g/mol. The highest BCUT2D eigenvalue weighted by Gasteiger charge is 2.28. The van der Waals surface area contributed by atoms with Crippen LogP contribution >= 0.6 is 0 Å². The van der Waals surface area contributed by atoms with Crippen LogP contribution in [0.4, 0.5) is 5.69 Å². The Morgan fingerprint density at radius 1 is 1.09 bits per heavy atom. The molecule has 2 rings (SSSR count). The predicted octanol–water partition coefficient (Wildman–Crippen LogP) is 3.30. The van der Waals surface area contributed by atoms with Crippen molar-refractivity contribution in [3.05, 3.63) is 59.7 Å². The Morgan fingerprint density at radius 2 is 1.74 bits per heavy atom. The highest BCUT2D eigenvalue weighted by Crippen LogP contribution is 2.26. The average Bonchev–Trinajstić information content (AvgIpc) is 2.49. The van der Waals surface area contributed by atoms with E-state index < -0.39 is 11.4 Å². The van der Waals surface area contributed by atoms with Gasteiger partial charge < -0.3 is 15.5 Å². The van der Waals surface area contributed by atoms with Crippen LogP contribution in [-0.4, -0.2) is 22.1 Å². The summed E-state index contributed by atoms with van der Waals surface area (Å²) in [5, 5.41) is 21.2. The molecule has 0 unspecified atom stereocenters. The van der Waals surface area contributed by atoms with Crippen molar-refractivity contribution >= 4 is 17.6 Å². The second-order valence-corrected chi connectivity index (χ2v) is 6.04. The summed E-state index contributed by atoms with van der Waals surface area (Å²) in [6.45, 7) is 3.65.